The van der Waals surface area contributed by atoms with E-state index in [1.54, 1.807) is 101 Å². The third-order valence-electron chi connectivity index (χ3n) is 11.4. The number of para-hydroxylation sites is 2. The number of likely N-dealkylation sites (N-methyl/N-ethyl adjacent to an activating group) is 1. The number of hydrogen-bond acceptors (Lipinski definition) is 5. The van der Waals surface area contributed by atoms with Gasteiger partial charge in [-0.1, -0.05) is 97.9 Å². The number of halogens is 8. The van der Waals surface area contributed by atoms with Crippen LogP contribution < -0.4 is 15.8 Å². The second kappa shape index (κ2) is 21.7. The number of pyridine rings is 2. The third-order valence-corrected chi connectivity index (χ3v) is 11.4. The minimum Gasteiger partial charge on any atom is -0.496 e. The van der Waals surface area contributed by atoms with Crippen molar-refractivity contribution >= 4 is 21.8 Å². The standard InChI is InChI=1S/C24H26F4N2O.C23H24F4N2.2C2H6/c1-22(2,19-13-17(25)9-10-21(19)31-4)15-23(29-3,24(26,27)28)14-16-11-12-30-20-8-6-5-7-18(16)20;1-15-8-9-17(24)12-19(15)21(2,3)14-22(28,23(25,26)27)13-16-10-11-29-20-7-5-4-6-18(16)20;2*1-2/h5-13,29H,14-15H2,1-4H3;4-12H,13-14,28H2,1-3H3;2*1-2H3. The molecule has 64 heavy (non-hydrogen) atoms. The van der Waals surface area contributed by atoms with E-state index in [0.717, 1.165) is 5.56 Å². The Morgan fingerprint density at radius 3 is 1.52 bits per heavy atom. The van der Waals surface area contributed by atoms with E-state index in [2.05, 4.69) is 15.3 Å². The van der Waals surface area contributed by atoms with Gasteiger partial charge in [-0.15, -0.1) is 0 Å². The lowest BCUT2D eigenvalue weighted by Gasteiger charge is -2.42. The van der Waals surface area contributed by atoms with Crippen molar-refractivity contribution in [3.63, 3.8) is 0 Å². The van der Waals surface area contributed by atoms with Gasteiger partial charge in [0, 0.05) is 35.2 Å². The highest BCUT2D eigenvalue weighted by molar-refractivity contribution is 5.82. The Hall–Kier alpha value is -5.14. The number of fused-ring (bicyclic) bond motifs is 2. The van der Waals surface area contributed by atoms with Gasteiger partial charge in [-0.05, 0) is 121 Å². The van der Waals surface area contributed by atoms with E-state index in [-0.39, 0.29) is 19.3 Å². The number of methoxy groups -OCH3 is 1. The minimum atomic E-state index is -4.64. The van der Waals surface area contributed by atoms with Gasteiger partial charge in [-0.25, -0.2) is 8.78 Å². The van der Waals surface area contributed by atoms with Crippen molar-refractivity contribution in [1.82, 2.24) is 15.3 Å². The first-order valence-corrected chi connectivity index (χ1v) is 21.3. The maximum absolute atomic E-state index is 14.6. The van der Waals surface area contributed by atoms with Crippen molar-refractivity contribution in [2.45, 2.75) is 122 Å². The molecule has 0 aliphatic heterocycles. The molecule has 2 unspecified atom stereocenters. The van der Waals surface area contributed by atoms with E-state index >= 15 is 0 Å². The van der Waals surface area contributed by atoms with Crippen LogP contribution in [0.25, 0.3) is 21.8 Å². The van der Waals surface area contributed by atoms with Crippen LogP contribution in [-0.2, 0) is 23.7 Å². The Kier molecular flexibility index (Phi) is 18.0. The summed E-state index contributed by atoms with van der Waals surface area (Å²) in [5.74, 6) is -0.646. The van der Waals surface area contributed by atoms with Crippen molar-refractivity contribution in [3.8, 4) is 5.75 Å². The van der Waals surface area contributed by atoms with Gasteiger partial charge in [0.1, 0.15) is 28.5 Å². The molecule has 0 saturated carbocycles. The molecule has 0 aliphatic carbocycles. The van der Waals surface area contributed by atoms with Crippen molar-refractivity contribution in [3.05, 3.63) is 149 Å². The van der Waals surface area contributed by atoms with Crippen LogP contribution in [0.3, 0.4) is 0 Å². The Morgan fingerprint density at radius 2 is 1.05 bits per heavy atom. The summed E-state index contributed by atoms with van der Waals surface area (Å²) in [6.07, 6.45) is -7.58. The van der Waals surface area contributed by atoms with Gasteiger partial charge in [-0.2, -0.15) is 26.3 Å². The van der Waals surface area contributed by atoms with Gasteiger partial charge in [0.2, 0.25) is 0 Å². The maximum atomic E-state index is 14.6. The topological polar surface area (TPSA) is 73.1 Å². The molecule has 2 heterocycles. The van der Waals surface area contributed by atoms with Crippen LogP contribution in [0.1, 0.15) is 96.0 Å². The van der Waals surface area contributed by atoms with Crippen LogP contribution in [0.15, 0.2) is 109 Å². The highest BCUT2D eigenvalue weighted by atomic mass is 19.4. The van der Waals surface area contributed by atoms with Gasteiger partial charge < -0.3 is 15.8 Å². The minimum absolute atomic E-state index is 0.295. The molecule has 0 radical (unpaired) electrons. The van der Waals surface area contributed by atoms with Crippen molar-refractivity contribution in [2.75, 3.05) is 14.2 Å². The highest BCUT2D eigenvalue weighted by Gasteiger charge is 2.57. The predicted molar refractivity (Wildman–Crippen MR) is 244 cm³/mol. The Bertz CT molecular complexity index is 2420. The zero-order valence-corrected chi connectivity index (χ0v) is 38.6. The Morgan fingerprint density at radius 1 is 0.594 bits per heavy atom. The van der Waals surface area contributed by atoms with Crippen LogP contribution in [0.4, 0.5) is 35.1 Å². The quantitative estimate of drug-likeness (QED) is 0.120. The van der Waals surface area contributed by atoms with Crippen molar-refractivity contribution < 1.29 is 39.9 Å². The molecule has 0 spiro atoms. The van der Waals surface area contributed by atoms with E-state index in [9.17, 15) is 35.1 Å². The highest BCUT2D eigenvalue weighted by Crippen LogP contribution is 2.46. The van der Waals surface area contributed by atoms with E-state index < -0.39 is 52.3 Å². The molecule has 348 valence electrons. The van der Waals surface area contributed by atoms with Gasteiger partial charge in [-0.3, -0.25) is 9.97 Å². The van der Waals surface area contributed by atoms with Gasteiger partial charge >= 0.3 is 12.4 Å². The summed E-state index contributed by atoms with van der Waals surface area (Å²) in [5, 5.41) is 3.89. The van der Waals surface area contributed by atoms with Crippen LogP contribution in [0.5, 0.6) is 5.75 Å². The number of aryl methyl sites for hydroxylation is 1. The lowest BCUT2D eigenvalue weighted by molar-refractivity contribution is -0.201. The number of rotatable bonds is 12. The summed E-state index contributed by atoms with van der Waals surface area (Å²) in [7, 11) is 2.74. The molecule has 3 N–H and O–H groups in total. The molecular weight excluding hydrogens is 837 g/mol. The number of nitrogens with zero attached hydrogens (tertiary/aromatic N) is 2. The first-order valence-electron chi connectivity index (χ1n) is 21.3. The SMILES string of the molecule is CC.CC.CNC(Cc1ccnc2ccccc12)(CC(C)(C)c1cc(F)ccc1OC)C(F)(F)F.Cc1ccc(F)cc1C(C)(C)CC(N)(Cc1ccnc2ccccc12)C(F)(F)F. The Balaban J connectivity index is 0.000000316. The summed E-state index contributed by atoms with van der Waals surface area (Å²) >= 11 is 0. The van der Waals surface area contributed by atoms with Crippen LogP contribution in [0.2, 0.25) is 0 Å². The molecule has 6 aromatic rings. The van der Waals surface area contributed by atoms with Gasteiger partial charge in [0.15, 0.2) is 0 Å². The molecule has 0 amide bonds. The average molecular weight is 899 g/mol. The van der Waals surface area contributed by atoms with E-state index in [1.165, 1.54) is 56.9 Å². The molecule has 0 bridgehead atoms. The van der Waals surface area contributed by atoms with Gasteiger partial charge in [0.05, 0.1) is 18.1 Å². The first kappa shape index (κ1) is 53.2. The normalized spacial score (nSPS) is 13.9. The molecule has 4 aromatic carbocycles. The predicted octanol–water partition coefficient (Wildman–Crippen LogP) is 13.7. The zero-order valence-electron chi connectivity index (χ0n) is 38.6. The summed E-state index contributed by atoms with van der Waals surface area (Å²) in [6, 6.07) is 25.5. The number of benzene rings is 4. The smallest absolute Gasteiger partial charge is 0.406 e. The van der Waals surface area contributed by atoms with Crippen LogP contribution >= 0.6 is 0 Å². The fourth-order valence-electron chi connectivity index (χ4n) is 8.39. The second-order valence-electron chi connectivity index (χ2n) is 16.7. The fourth-order valence-corrected chi connectivity index (χ4v) is 8.39. The summed E-state index contributed by atoms with van der Waals surface area (Å²) < 4.78 is 119. The molecule has 0 saturated heterocycles. The fraction of sp³-hybridized carbons (Fsp3) is 0.412. The van der Waals surface area contributed by atoms with E-state index in [4.69, 9.17) is 10.5 Å². The van der Waals surface area contributed by atoms with Crippen LogP contribution in [0, 0.1) is 18.6 Å². The molecule has 0 fully saturated rings. The molecular formula is C51H62F8N4O. The maximum Gasteiger partial charge on any atom is 0.406 e. The van der Waals surface area contributed by atoms with E-state index in [0.29, 0.717) is 49.8 Å². The number of alkyl halides is 6. The number of ether oxygens (including phenoxy) is 1. The average Bonchev–Trinajstić information content (AvgIpc) is 3.25. The van der Waals surface area contributed by atoms with E-state index in [1.807, 2.05) is 27.7 Å². The summed E-state index contributed by atoms with van der Waals surface area (Å²) in [4.78, 5) is 8.47. The lowest BCUT2D eigenvalue weighted by atomic mass is 9.70. The number of aromatic nitrogens is 2. The molecule has 0 aliphatic rings. The van der Waals surface area contributed by atoms with Crippen LogP contribution in [-0.4, -0.2) is 47.6 Å². The summed E-state index contributed by atoms with van der Waals surface area (Å²) in [6.45, 7) is 16.5. The lowest BCUT2D eigenvalue weighted by Crippen LogP contribution is -2.59. The van der Waals surface area contributed by atoms with Gasteiger partial charge in [0.25, 0.3) is 0 Å². The monoisotopic (exact) mass is 898 g/mol. The number of nitrogens with one attached hydrogen (secondary N) is 1. The van der Waals surface area contributed by atoms with Crippen molar-refractivity contribution in [1.29, 1.82) is 0 Å². The molecule has 6 rings (SSSR count). The molecule has 2 aromatic heterocycles. The molecule has 13 heteroatoms. The third kappa shape index (κ3) is 12.3. The molecule has 2 atom stereocenters. The number of hydrogen-bond donors (Lipinski definition) is 2. The Labute approximate surface area is 372 Å². The molecule has 5 nitrogen and oxygen atoms in total. The zero-order chi connectivity index (χ0) is 48.3. The second-order valence-corrected chi connectivity index (χ2v) is 16.7. The summed E-state index contributed by atoms with van der Waals surface area (Å²) in [5.41, 5.74) is 3.23. The first-order chi connectivity index (χ1) is 30.0. The largest absolute Gasteiger partial charge is 0.496 e. The number of nitrogens with two attached hydrogens (primary N) is 1. The van der Waals surface area contributed by atoms with Crippen molar-refractivity contribution in [2.24, 2.45) is 5.73 Å².